The van der Waals surface area contributed by atoms with E-state index < -0.39 is 11.1 Å². The number of hydrogen-bond donors (Lipinski definition) is 0. The second kappa shape index (κ2) is 10.6. The molecule has 2 heterocycles. The van der Waals surface area contributed by atoms with Crippen molar-refractivity contribution in [2.24, 2.45) is 0 Å². The zero-order chi connectivity index (χ0) is 23.4. The molecule has 3 amide bonds. The first kappa shape index (κ1) is 23.6. The zero-order valence-electron chi connectivity index (χ0n) is 18.1. The molecule has 0 unspecified atom stereocenters. The molecule has 0 aromatic heterocycles. The van der Waals surface area contributed by atoms with Gasteiger partial charge in [0, 0.05) is 16.7 Å². The van der Waals surface area contributed by atoms with Crippen molar-refractivity contribution in [1.82, 2.24) is 9.80 Å². The molecule has 0 radical (unpaired) electrons. The van der Waals surface area contributed by atoms with Crippen LogP contribution in [0.5, 0.6) is 11.5 Å². The van der Waals surface area contributed by atoms with Crippen molar-refractivity contribution < 1.29 is 23.9 Å². The molecule has 2 saturated heterocycles. The molecule has 2 aliphatic rings. The Morgan fingerprint density at radius 1 is 1.09 bits per heavy atom. The van der Waals surface area contributed by atoms with Gasteiger partial charge in [-0.3, -0.25) is 19.3 Å². The minimum atomic E-state index is -0.449. The number of nitrogens with zero attached hydrogens (tertiary/aromatic N) is 2. The first-order valence-electron chi connectivity index (χ1n) is 10.5. The number of ether oxygens (including phenoxy) is 2. The van der Waals surface area contributed by atoms with Crippen molar-refractivity contribution in [3.05, 3.63) is 62.1 Å². The summed E-state index contributed by atoms with van der Waals surface area (Å²) in [6.45, 7) is 1.55. The Labute approximate surface area is 210 Å². The number of thioether (sulfide) groups is 1. The maximum atomic E-state index is 12.8. The SMILES string of the molecule is COc1cc(/C=C2\SC(=O)N(CC(=O)N3CCCC3)C2=O)ccc1OCc1ccc(I)cc1. The van der Waals surface area contributed by atoms with E-state index >= 15 is 0 Å². The van der Waals surface area contributed by atoms with Crippen molar-refractivity contribution >= 4 is 57.5 Å². The Hall–Kier alpha value is -2.53. The van der Waals surface area contributed by atoms with Crippen LogP contribution in [0.1, 0.15) is 24.0 Å². The van der Waals surface area contributed by atoms with E-state index in [4.69, 9.17) is 9.47 Å². The normalized spacial score (nSPS) is 17.2. The van der Waals surface area contributed by atoms with Gasteiger partial charge in [-0.05, 0) is 88.7 Å². The summed E-state index contributed by atoms with van der Waals surface area (Å²) in [7, 11) is 1.55. The fourth-order valence-corrected chi connectivity index (χ4v) is 4.82. The van der Waals surface area contributed by atoms with Crippen molar-refractivity contribution in [1.29, 1.82) is 0 Å². The number of carbonyl (C=O) groups excluding carboxylic acids is 3. The number of methoxy groups -OCH3 is 1. The third-order valence-corrected chi connectivity index (χ3v) is 7.05. The third kappa shape index (κ3) is 5.70. The number of benzene rings is 2. The predicted octanol–water partition coefficient (Wildman–Crippen LogP) is 4.54. The number of amides is 3. The monoisotopic (exact) mass is 578 g/mol. The van der Waals surface area contributed by atoms with Gasteiger partial charge in [-0.15, -0.1) is 0 Å². The van der Waals surface area contributed by atoms with E-state index in [0.29, 0.717) is 36.8 Å². The summed E-state index contributed by atoms with van der Waals surface area (Å²) < 4.78 is 12.5. The summed E-state index contributed by atoms with van der Waals surface area (Å²) in [5.41, 5.74) is 1.74. The van der Waals surface area contributed by atoms with Crippen LogP contribution in [-0.4, -0.2) is 53.6 Å². The standard InChI is InChI=1S/C24H23IN2O5S/c1-31-20-12-17(6-9-19(20)32-15-16-4-7-18(25)8-5-16)13-21-23(29)27(24(30)33-21)14-22(28)26-10-2-3-11-26/h4-9,12-13H,2-3,10-11,14-15H2,1H3/b21-13-. The van der Waals surface area contributed by atoms with Crippen LogP contribution >= 0.6 is 34.4 Å². The van der Waals surface area contributed by atoms with E-state index in [1.54, 1.807) is 36.3 Å². The van der Waals surface area contributed by atoms with Gasteiger partial charge in [0.05, 0.1) is 12.0 Å². The highest BCUT2D eigenvalue weighted by atomic mass is 127. The molecule has 9 heteroatoms. The molecule has 2 aromatic rings. The smallest absolute Gasteiger partial charge is 0.294 e. The van der Waals surface area contributed by atoms with Gasteiger partial charge >= 0.3 is 0 Å². The highest BCUT2D eigenvalue weighted by molar-refractivity contribution is 14.1. The van der Waals surface area contributed by atoms with Crippen molar-refractivity contribution in [3.63, 3.8) is 0 Å². The van der Waals surface area contributed by atoms with Crippen LogP contribution in [0.4, 0.5) is 4.79 Å². The molecule has 2 aliphatic heterocycles. The predicted molar refractivity (Wildman–Crippen MR) is 135 cm³/mol. The molecule has 4 rings (SSSR count). The molecule has 0 N–H and O–H groups in total. The second-order valence-corrected chi connectivity index (χ2v) is 9.92. The summed E-state index contributed by atoms with van der Waals surface area (Å²) in [6.07, 6.45) is 3.55. The Balaban J connectivity index is 1.44. The lowest BCUT2D eigenvalue weighted by Crippen LogP contribution is -2.40. The van der Waals surface area contributed by atoms with Crippen molar-refractivity contribution in [3.8, 4) is 11.5 Å². The lowest BCUT2D eigenvalue weighted by molar-refractivity contribution is -0.135. The van der Waals surface area contributed by atoms with Gasteiger partial charge in [0.1, 0.15) is 13.2 Å². The van der Waals surface area contributed by atoms with Gasteiger partial charge in [-0.25, -0.2) is 0 Å². The summed E-state index contributed by atoms with van der Waals surface area (Å²) >= 11 is 3.10. The average molecular weight is 578 g/mol. The van der Waals surface area contributed by atoms with E-state index in [1.807, 2.05) is 24.3 Å². The first-order chi connectivity index (χ1) is 15.9. The van der Waals surface area contributed by atoms with Gasteiger partial charge in [0.2, 0.25) is 5.91 Å². The Kier molecular flexibility index (Phi) is 7.59. The summed E-state index contributed by atoms with van der Waals surface area (Å²) in [5.74, 6) is 0.470. The summed E-state index contributed by atoms with van der Waals surface area (Å²) in [6, 6.07) is 13.4. The van der Waals surface area contributed by atoms with Crippen LogP contribution in [0.2, 0.25) is 0 Å². The molecule has 0 spiro atoms. The molecular formula is C24H23IN2O5S. The second-order valence-electron chi connectivity index (χ2n) is 7.68. The van der Waals surface area contributed by atoms with E-state index in [2.05, 4.69) is 22.6 Å². The van der Waals surface area contributed by atoms with Crippen molar-refractivity contribution in [2.75, 3.05) is 26.7 Å². The van der Waals surface area contributed by atoms with Crippen LogP contribution in [0.15, 0.2) is 47.4 Å². The van der Waals surface area contributed by atoms with Gasteiger partial charge in [-0.2, -0.15) is 0 Å². The Morgan fingerprint density at radius 2 is 1.82 bits per heavy atom. The Morgan fingerprint density at radius 3 is 2.52 bits per heavy atom. The molecule has 2 aromatic carbocycles. The molecule has 172 valence electrons. The lowest BCUT2D eigenvalue weighted by Gasteiger charge is -2.18. The number of carbonyl (C=O) groups is 3. The fourth-order valence-electron chi connectivity index (χ4n) is 3.62. The molecule has 0 saturated carbocycles. The highest BCUT2D eigenvalue weighted by Gasteiger charge is 2.37. The van der Waals surface area contributed by atoms with E-state index in [9.17, 15) is 14.4 Å². The molecule has 33 heavy (non-hydrogen) atoms. The fraction of sp³-hybridized carbons (Fsp3) is 0.292. The van der Waals surface area contributed by atoms with E-state index in [-0.39, 0.29) is 17.4 Å². The molecule has 0 aliphatic carbocycles. The number of hydrogen-bond acceptors (Lipinski definition) is 6. The first-order valence-corrected chi connectivity index (χ1v) is 12.4. The lowest BCUT2D eigenvalue weighted by atomic mass is 10.1. The molecular weight excluding hydrogens is 555 g/mol. The molecule has 0 bridgehead atoms. The van der Waals surface area contributed by atoms with Crippen molar-refractivity contribution in [2.45, 2.75) is 19.4 Å². The number of likely N-dealkylation sites (tertiary alicyclic amines) is 1. The summed E-state index contributed by atoms with van der Waals surface area (Å²) in [4.78, 5) is 40.5. The maximum Gasteiger partial charge on any atom is 0.294 e. The topological polar surface area (TPSA) is 76.2 Å². The van der Waals surface area contributed by atoms with Gasteiger partial charge in [0.25, 0.3) is 11.1 Å². The number of imide groups is 1. The van der Waals surface area contributed by atoms with Gasteiger partial charge in [0.15, 0.2) is 11.5 Å². The zero-order valence-corrected chi connectivity index (χ0v) is 21.1. The molecule has 7 nitrogen and oxygen atoms in total. The van der Waals surface area contributed by atoms with Gasteiger partial charge in [-0.1, -0.05) is 18.2 Å². The van der Waals surface area contributed by atoms with E-state index in [0.717, 1.165) is 38.6 Å². The number of halogens is 1. The van der Waals surface area contributed by atoms with Crippen LogP contribution in [-0.2, 0) is 16.2 Å². The molecule has 0 atom stereocenters. The van der Waals surface area contributed by atoms with Crippen LogP contribution in [0, 0.1) is 3.57 Å². The Bertz CT molecular complexity index is 1100. The summed E-state index contributed by atoms with van der Waals surface area (Å²) in [5, 5.41) is -0.428. The van der Waals surface area contributed by atoms with Crippen LogP contribution < -0.4 is 9.47 Å². The number of rotatable bonds is 7. The third-order valence-electron chi connectivity index (χ3n) is 5.42. The average Bonchev–Trinajstić information content (AvgIpc) is 3.44. The van der Waals surface area contributed by atoms with Gasteiger partial charge < -0.3 is 14.4 Å². The maximum absolute atomic E-state index is 12.8. The van der Waals surface area contributed by atoms with E-state index in [1.165, 1.54) is 0 Å². The minimum Gasteiger partial charge on any atom is -0.493 e. The van der Waals surface area contributed by atoms with Crippen LogP contribution in [0.25, 0.3) is 6.08 Å². The molecule has 2 fully saturated rings. The largest absolute Gasteiger partial charge is 0.493 e. The van der Waals surface area contributed by atoms with Crippen LogP contribution in [0.3, 0.4) is 0 Å². The highest BCUT2D eigenvalue weighted by Crippen LogP contribution is 2.35. The quantitative estimate of drug-likeness (QED) is 0.355. The minimum absolute atomic E-state index is 0.188.